The minimum absolute atomic E-state index is 0.153. The molecule has 0 unspecified atom stereocenters. The number of aryl methyl sites for hydroxylation is 1. The Labute approximate surface area is 87.5 Å². The maximum Gasteiger partial charge on any atom is 0.303 e. The van der Waals surface area contributed by atoms with Gasteiger partial charge in [0.15, 0.2) is 5.82 Å². The van der Waals surface area contributed by atoms with E-state index in [4.69, 9.17) is 9.63 Å². The molecule has 0 atom stereocenters. The number of rotatable bonds is 6. The maximum absolute atomic E-state index is 10.3. The van der Waals surface area contributed by atoms with Crippen molar-refractivity contribution < 1.29 is 14.4 Å². The van der Waals surface area contributed by atoms with Crippen molar-refractivity contribution in [2.45, 2.75) is 38.5 Å². The summed E-state index contributed by atoms with van der Waals surface area (Å²) in [6.45, 7) is 0. The van der Waals surface area contributed by atoms with Gasteiger partial charge < -0.3 is 9.63 Å². The van der Waals surface area contributed by atoms with Gasteiger partial charge >= 0.3 is 5.97 Å². The van der Waals surface area contributed by atoms with Gasteiger partial charge in [0.05, 0.1) is 0 Å². The van der Waals surface area contributed by atoms with E-state index < -0.39 is 5.97 Å². The minimum Gasteiger partial charge on any atom is -0.481 e. The van der Waals surface area contributed by atoms with Gasteiger partial charge in [-0.05, 0) is 25.2 Å². The lowest BCUT2D eigenvalue weighted by molar-refractivity contribution is -0.137. The third-order valence-corrected chi connectivity index (χ3v) is 2.46. The van der Waals surface area contributed by atoms with Crippen molar-refractivity contribution in [1.29, 1.82) is 0 Å². The first-order valence-corrected chi connectivity index (χ1v) is 5.27. The third-order valence-electron chi connectivity index (χ3n) is 2.46. The van der Waals surface area contributed by atoms with E-state index in [1.54, 1.807) is 0 Å². The molecule has 0 radical (unpaired) electrons. The summed E-state index contributed by atoms with van der Waals surface area (Å²) in [6, 6.07) is 0. The first-order valence-electron chi connectivity index (χ1n) is 5.27. The van der Waals surface area contributed by atoms with E-state index >= 15 is 0 Å². The van der Waals surface area contributed by atoms with E-state index in [1.807, 2.05) is 0 Å². The van der Waals surface area contributed by atoms with Gasteiger partial charge in [0.25, 0.3) is 0 Å². The van der Waals surface area contributed by atoms with E-state index in [9.17, 15) is 4.79 Å². The van der Waals surface area contributed by atoms with Crippen LogP contribution < -0.4 is 0 Å². The monoisotopic (exact) mass is 210 g/mol. The summed E-state index contributed by atoms with van der Waals surface area (Å²) >= 11 is 0. The Kier molecular flexibility index (Phi) is 2.99. The Morgan fingerprint density at radius 3 is 3.00 bits per heavy atom. The molecule has 1 saturated carbocycles. The quantitative estimate of drug-likeness (QED) is 0.768. The van der Waals surface area contributed by atoms with E-state index in [2.05, 4.69) is 10.1 Å². The van der Waals surface area contributed by atoms with Gasteiger partial charge in [0, 0.05) is 19.3 Å². The van der Waals surface area contributed by atoms with Crippen molar-refractivity contribution in [1.82, 2.24) is 10.1 Å². The van der Waals surface area contributed by atoms with Crippen LogP contribution in [0.1, 0.15) is 37.4 Å². The van der Waals surface area contributed by atoms with Crippen LogP contribution in [0.4, 0.5) is 0 Å². The van der Waals surface area contributed by atoms with Crippen LogP contribution in [0.2, 0.25) is 0 Å². The molecular weight excluding hydrogens is 196 g/mol. The Hall–Kier alpha value is -1.39. The molecule has 1 heterocycles. The van der Waals surface area contributed by atoms with Crippen molar-refractivity contribution in [3.8, 4) is 0 Å². The molecule has 0 spiro atoms. The molecule has 2 rings (SSSR count). The summed E-state index contributed by atoms with van der Waals surface area (Å²) < 4.78 is 5.02. The van der Waals surface area contributed by atoms with Gasteiger partial charge in [-0.1, -0.05) is 5.16 Å². The van der Waals surface area contributed by atoms with Crippen molar-refractivity contribution in [2.24, 2.45) is 5.92 Å². The standard InChI is InChI=1S/C10H14N2O3/c13-10(14)3-1-2-9-11-8(12-15-9)6-7-4-5-7/h7H,1-6H2,(H,13,14). The smallest absolute Gasteiger partial charge is 0.303 e. The molecule has 5 heteroatoms. The first kappa shape index (κ1) is 10.1. The topological polar surface area (TPSA) is 76.2 Å². The average Bonchev–Trinajstić information content (AvgIpc) is 2.86. The zero-order valence-electron chi connectivity index (χ0n) is 8.48. The van der Waals surface area contributed by atoms with Crippen LogP contribution in [-0.2, 0) is 17.6 Å². The second-order valence-electron chi connectivity index (χ2n) is 4.00. The van der Waals surface area contributed by atoms with E-state index in [1.165, 1.54) is 12.8 Å². The van der Waals surface area contributed by atoms with Gasteiger partial charge in [-0.3, -0.25) is 4.79 Å². The molecule has 1 N–H and O–H groups in total. The number of aromatic nitrogens is 2. The largest absolute Gasteiger partial charge is 0.481 e. The number of hydrogen-bond donors (Lipinski definition) is 1. The van der Waals surface area contributed by atoms with Crippen molar-refractivity contribution in [2.75, 3.05) is 0 Å². The molecule has 0 aliphatic heterocycles. The van der Waals surface area contributed by atoms with Crippen LogP contribution in [-0.4, -0.2) is 21.2 Å². The molecule has 1 aromatic rings. The Bertz CT molecular complexity index is 344. The second-order valence-corrected chi connectivity index (χ2v) is 4.00. The van der Waals surface area contributed by atoms with Crippen LogP contribution in [0.3, 0.4) is 0 Å². The molecule has 1 fully saturated rings. The fraction of sp³-hybridized carbons (Fsp3) is 0.700. The fourth-order valence-electron chi connectivity index (χ4n) is 1.45. The Morgan fingerprint density at radius 1 is 1.53 bits per heavy atom. The van der Waals surface area contributed by atoms with Gasteiger partial charge in [-0.2, -0.15) is 4.98 Å². The second kappa shape index (κ2) is 4.42. The highest BCUT2D eigenvalue weighted by molar-refractivity contribution is 5.66. The lowest BCUT2D eigenvalue weighted by Crippen LogP contribution is -1.96. The normalized spacial score (nSPS) is 15.5. The third kappa shape index (κ3) is 3.34. The summed E-state index contributed by atoms with van der Waals surface area (Å²) in [5.74, 6) is 1.29. The molecule has 1 aliphatic carbocycles. The lowest BCUT2D eigenvalue weighted by Gasteiger charge is -1.90. The maximum atomic E-state index is 10.3. The zero-order valence-corrected chi connectivity index (χ0v) is 8.48. The summed E-state index contributed by atoms with van der Waals surface area (Å²) in [4.78, 5) is 14.5. The number of aliphatic carboxylic acids is 1. The van der Waals surface area contributed by atoms with Crippen LogP contribution >= 0.6 is 0 Å². The molecule has 82 valence electrons. The highest BCUT2D eigenvalue weighted by Gasteiger charge is 2.23. The molecule has 15 heavy (non-hydrogen) atoms. The van der Waals surface area contributed by atoms with Crippen LogP contribution in [0.15, 0.2) is 4.52 Å². The van der Waals surface area contributed by atoms with E-state index in [0.717, 1.165) is 18.2 Å². The van der Waals surface area contributed by atoms with Gasteiger partial charge in [-0.25, -0.2) is 0 Å². The molecule has 0 aromatic carbocycles. The number of nitrogens with zero attached hydrogens (tertiary/aromatic N) is 2. The zero-order chi connectivity index (χ0) is 10.7. The number of carboxylic acids is 1. The SMILES string of the molecule is O=C(O)CCCc1nc(CC2CC2)no1. The highest BCUT2D eigenvalue weighted by atomic mass is 16.5. The first-order chi connectivity index (χ1) is 7.24. The summed E-state index contributed by atoms with van der Waals surface area (Å²) in [7, 11) is 0. The average molecular weight is 210 g/mol. The van der Waals surface area contributed by atoms with E-state index in [0.29, 0.717) is 18.7 Å². The van der Waals surface area contributed by atoms with Crippen molar-refractivity contribution >= 4 is 5.97 Å². The predicted octanol–water partition coefficient (Wildman–Crippen LogP) is 1.43. The van der Waals surface area contributed by atoms with E-state index in [-0.39, 0.29) is 6.42 Å². The van der Waals surface area contributed by atoms with Crippen LogP contribution in [0.25, 0.3) is 0 Å². The Balaban J connectivity index is 1.75. The number of carboxylic acid groups (broad SMARTS) is 1. The van der Waals surface area contributed by atoms with Crippen molar-refractivity contribution in [3.05, 3.63) is 11.7 Å². The Morgan fingerprint density at radius 2 is 2.33 bits per heavy atom. The summed E-state index contributed by atoms with van der Waals surface area (Å²) in [5.41, 5.74) is 0. The van der Waals surface area contributed by atoms with Gasteiger partial charge in [-0.15, -0.1) is 0 Å². The molecule has 0 bridgehead atoms. The van der Waals surface area contributed by atoms with Gasteiger partial charge in [0.2, 0.25) is 5.89 Å². The molecular formula is C10H14N2O3. The van der Waals surface area contributed by atoms with Gasteiger partial charge in [0.1, 0.15) is 0 Å². The minimum atomic E-state index is -0.785. The number of carbonyl (C=O) groups is 1. The molecule has 0 saturated heterocycles. The van der Waals surface area contributed by atoms with Crippen molar-refractivity contribution in [3.63, 3.8) is 0 Å². The molecule has 1 aromatic heterocycles. The summed E-state index contributed by atoms with van der Waals surface area (Å²) in [5, 5.41) is 12.3. The molecule has 0 amide bonds. The number of hydrogen-bond acceptors (Lipinski definition) is 4. The molecule has 1 aliphatic rings. The fourth-order valence-corrected chi connectivity index (χ4v) is 1.45. The highest BCUT2D eigenvalue weighted by Crippen LogP contribution is 2.31. The lowest BCUT2D eigenvalue weighted by atomic mass is 10.2. The molecule has 5 nitrogen and oxygen atoms in total. The predicted molar refractivity (Wildman–Crippen MR) is 51.3 cm³/mol. The van der Waals surface area contributed by atoms with Crippen LogP contribution in [0, 0.1) is 5.92 Å². The summed E-state index contributed by atoms with van der Waals surface area (Å²) in [6.07, 6.45) is 4.71. The van der Waals surface area contributed by atoms with Crippen LogP contribution in [0.5, 0.6) is 0 Å².